The predicted octanol–water partition coefficient (Wildman–Crippen LogP) is 2.94. The Bertz CT molecular complexity index is 659. The maximum Gasteiger partial charge on any atom is 0.256 e. The summed E-state index contributed by atoms with van der Waals surface area (Å²) in [4.78, 5) is 20.2. The van der Waals surface area contributed by atoms with Gasteiger partial charge in [-0.3, -0.25) is 15.0 Å². The molecule has 0 saturated carbocycles. The van der Waals surface area contributed by atoms with Crippen LogP contribution in [-0.4, -0.2) is 41.6 Å². The van der Waals surface area contributed by atoms with E-state index in [9.17, 15) is 4.79 Å². The van der Waals surface area contributed by atoms with E-state index >= 15 is 0 Å². The largest absolute Gasteiger partial charge is 0.366 e. The number of hydrogen-bond donors (Lipinski definition) is 1. The van der Waals surface area contributed by atoms with Crippen LogP contribution in [0, 0.1) is 0 Å². The fraction of sp³-hybridized carbons (Fsp3) is 0.444. The highest BCUT2D eigenvalue weighted by molar-refractivity contribution is 7.15. The quantitative estimate of drug-likeness (QED) is 0.875. The number of carbonyl (C=O) groups excluding carboxylic acids is 1. The molecule has 0 spiro atoms. The van der Waals surface area contributed by atoms with Gasteiger partial charge in [0.25, 0.3) is 5.91 Å². The second-order valence-electron chi connectivity index (χ2n) is 5.95. The molecule has 1 aromatic heterocycles. The standard InChI is InChI=1S/C18H23N3O2S/c1-2-6-15-11-19-18(24-15)20-17(22)16-13-21(9-10-23-16)12-14-7-4-3-5-8-14/h3-5,7-8,11,16H,2,6,9-10,12-13H2,1H3,(H,19,20,22). The normalized spacial score (nSPS) is 18.5. The highest BCUT2D eigenvalue weighted by Gasteiger charge is 2.27. The molecule has 2 aromatic rings. The molecule has 1 saturated heterocycles. The van der Waals surface area contributed by atoms with Crippen molar-refractivity contribution >= 4 is 22.4 Å². The summed E-state index contributed by atoms with van der Waals surface area (Å²) in [5.74, 6) is -0.106. The summed E-state index contributed by atoms with van der Waals surface area (Å²) in [5, 5.41) is 3.55. The lowest BCUT2D eigenvalue weighted by Crippen LogP contribution is -2.47. The Morgan fingerprint density at radius 1 is 1.42 bits per heavy atom. The van der Waals surface area contributed by atoms with Gasteiger partial charge in [-0.05, 0) is 12.0 Å². The number of nitrogens with one attached hydrogen (secondary N) is 1. The first-order valence-electron chi connectivity index (χ1n) is 8.38. The number of nitrogens with zero attached hydrogens (tertiary/aromatic N) is 2. The van der Waals surface area contributed by atoms with Crippen LogP contribution in [0.2, 0.25) is 0 Å². The smallest absolute Gasteiger partial charge is 0.256 e. The van der Waals surface area contributed by atoms with Crippen molar-refractivity contribution in [3.63, 3.8) is 0 Å². The summed E-state index contributed by atoms with van der Waals surface area (Å²) in [6.07, 6.45) is 3.47. The van der Waals surface area contributed by atoms with Crippen LogP contribution in [0.1, 0.15) is 23.8 Å². The van der Waals surface area contributed by atoms with E-state index in [1.807, 2.05) is 24.4 Å². The molecule has 1 atom stereocenters. The van der Waals surface area contributed by atoms with Crippen LogP contribution in [0.15, 0.2) is 36.5 Å². The van der Waals surface area contributed by atoms with Crippen LogP contribution in [0.25, 0.3) is 0 Å². The van der Waals surface area contributed by atoms with Gasteiger partial charge in [-0.2, -0.15) is 0 Å². The van der Waals surface area contributed by atoms with Crippen molar-refractivity contribution in [1.82, 2.24) is 9.88 Å². The van der Waals surface area contributed by atoms with E-state index < -0.39 is 6.10 Å². The Hall–Kier alpha value is -1.76. The Kier molecular flexibility index (Phi) is 5.96. The van der Waals surface area contributed by atoms with Crippen molar-refractivity contribution in [3.8, 4) is 0 Å². The number of benzene rings is 1. The average molecular weight is 345 g/mol. The lowest BCUT2D eigenvalue weighted by molar-refractivity contribution is -0.133. The number of rotatable bonds is 6. The lowest BCUT2D eigenvalue weighted by atomic mass is 10.2. The lowest BCUT2D eigenvalue weighted by Gasteiger charge is -2.31. The summed E-state index contributed by atoms with van der Waals surface area (Å²) in [6, 6.07) is 10.3. The maximum atomic E-state index is 12.4. The molecule has 128 valence electrons. The highest BCUT2D eigenvalue weighted by atomic mass is 32.1. The zero-order valence-electron chi connectivity index (χ0n) is 13.9. The number of morpholine rings is 1. The average Bonchev–Trinajstić information content (AvgIpc) is 3.03. The fourth-order valence-corrected chi connectivity index (χ4v) is 3.68. The molecule has 1 aliphatic heterocycles. The van der Waals surface area contributed by atoms with Gasteiger partial charge in [0.1, 0.15) is 6.10 Å². The highest BCUT2D eigenvalue weighted by Crippen LogP contribution is 2.20. The van der Waals surface area contributed by atoms with Gasteiger partial charge in [-0.15, -0.1) is 11.3 Å². The molecule has 1 fully saturated rings. The van der Waals surface area contributed by atoms with Gasteiger partial charge in [0, 0.05) is 30.7 Å². The monoisotopic (exact) mass is 345 g/mol. The Morgan fingerprint density at radius 3 is 3.04 bits per heavy atom. The number of aryl methyl sites for hydroxylation is 1. The van der Waals surface area contributed by atoms with E-state index in [0.29, 0.717) is 18.3 Å². The van der Waals surface area contributed by atoms with Gasteiger partial charge < -0.3 is 4.74 Å². The Balaban J connectivity index is 1.54. The molecular weight excluding hydrogens is 322 g/mol. The third-order valence-corrected chi connectivity index (χ3v) is 4.94. The van der Waals surface area contributed by atoms with Crippen molar-refractivity contribution in [3.05, 3.63) is 47.0 Å². The van der Waals surface area contributed by atoms with Crippen LogP contribution in [0.4, 0.5) is 5.13 Å². The number of carbonyl (C=O) groups is 1. The zero-order chi connectivity index (χ0) is 16.8. The molecule has 1 unspecified atom stereocenters. The SMILES string of the molecule is CCCc1cnc(NC(=O)C2CN(Cc3ccccc3)CCO2)s1. The molecule has 1 amide bonds. The van der Waals surface area contributed by atoms with Crippen molar-refractivity contribution in [2.75, 3.05) is 25.0 Å². The van der Waals surface area contributed by atoms with Gasteiger partial charge in [-0.1, -0.05) is 43.7 Å². The van der Waals surface area contributed by atoms with Crippen LogP contribution in [-0.2, 0) is 22.5 Å². The van der Waals surface area contributed by atoms with Crippen molar-refractivity contribution in [1.29, 1.82) is 0 Å². The molecule has 2 heterocycles. The molecule has 3 rings (SSSR count). The molecule has 1 aromatic carbocycles. The Labute approximate surface area is 146 Å². The molecule has 1 aliphatic rings. The third-order valence-electron chi connectivity index (χ3n) is 3.97. The zero-order valence-corrected chi connectivity index (χ0v) is 14.7. The second kappa shape index (κ2) is 8.37. The summed E-state index contributed by atoms with van der Waals surface area (Å²) >= 11 is 1.54. The van der Waals surface area contributed by atoms with E-state index in [1.54, 1.807) is 11.3 Å². The summed E-state index contributed by atoms with van der Waals surface area (Å²) in [6.45, 7) is 5.00. The number of anilines is 1. The van der Waals surface area contributed by atoms with Crippen molar-refractivity contribution in [2.24, 2.45) is 0 Å². The minimum absolute atomic E-state index is 0.106. The van der Waals surface area contributed by atoms with Gasteiger partial charge >= 0.3 is 0 Å². The predicted molar refractivity (Wildman–Crippen MR) is 96.2 cm³/mol. The molecule has 5 nitrogen and oxygen atoms in total. The number of aromatic nitrogens is 1. The van der Waals surface area contributed by atoms with Gasteiger partial charge in [0.15, 0.2) is 5.13 Å². The molecule has 24 heavy (non-hydrogen) atoms. The number of thiazole rings is 1. The summed E-state index contributed by atoms with van der Waals surface area (Å²) < 4.78 is 5.66. The minimum Gasteiger partial charge on any atom is -0.366 e. The molecular formula is C18H23N3O2S. The number of hydrogen-bond acceptors (Lipinski definition) is 5. The second-order valence-corrected chi connectivity index (χ2v) is 7.07. The van der Waals surface area contributed by atoms with Gasteiger partial charge in [-0.25, -0.2) is 4.98 Å². The number of ether oxygens (including phenoxy) is 1. The van der Waals surface area contributed by atoms with Crippen molar-refractivity contribution < 1.29 is 9.53 Å². The molecule has 6 heteroatoms. The van der Waals surface area contributed by atoms with Crippen molar-refractivity contribution in [2.45, 2.75) is 32.4 Å². The fourth-order valence-electron chi connectivity index (χ4n) is 2.76. The van der Waals surface area contributed by atoms with Crippen LogP contribution < -0.4 is 5.32 Å². The van der Waals surface area contributed by atoms with Crippen LogP contribution >= 0.6 is 11.3 Å². The first-order chi connectivity index (χ1) is 11.7. The van der Waals surface area contributed by atoms with Crippen LogP contribution in [0.3, 0.4) is 0 Å². The first kappa shape index (κ1) is 17.1. The van der Waals surface area contributed by atoms with E-state index in [-0.39, 0.29) is 5.91 Å². The summed E-state index contributed by atoms with van der Waals surface area (Å²) in [5.41, 5.74) is 1.25. The van der Waals surface area contributed by atoms with E-state index in [1.165, 1.54) is 10.4 Å². The summed E-state index contributed by atoms with van der Waals surface area (Å²) in [7, 11) is 0. The Morgan fingerprint density at radius 2 is 2.25 bits per heavy atom. The molecule has 0 aliphatic carbocycles. The topological polar surface area (TPSA) is 54.5 Å². The van der Waals surface area contributed by atoms with E-state index in [2.05, 4.69) is 34.3 Å². The maximum absolute atomic E-state index is 12.4. The van der Waals surface area contributed by atoms with E-state index in [4.69, 9.17) is 4.74 Å². The molecule has 0 radical (unpaired) electrons. The van der Waals surface area contributed by atoms with E-state index in [0.717, 1.165) is 25.9 Å². The third kappa shape index (κ3) is 4.63. The number of amides is 1. The molecule has 0 bridgehead atoms. The van der Waals surface area contributed by atoms with Gasteiger partial charge in [0.05, 0.1) is 6.61 Å². The minimum atomic E-state index is -0.444. The first-order valence-corrected chi connectivity index (χ1v) is 9.19. The van der Waals surface area contributed by atoms with Crippen LogP contribution in [0.5, 0.6) is 0 Å². The van der Waals surface area contributed by atoms with Gasteiger partial charge in [0.2, 0.25) is 0 Å². The molecule has 1 N–H and O–H groups in total.